The fraction of sp³-hybridized carbons (Fsp3) is 0.182. The zero-order valence-electron chi connectivity index (χ0n) is 15.8. The predicted octanol–water partition coefficient (Wildman–Crippen LogP) is 3.26. The third-order valence-corrected chi connectivity index (χ3v) is 4.86. The molecule has 29 heavy (non-hydrogen) atoms. The molecule has 0 aliphatic rings. The van der Waals surface area contributed by atoms with Crippen LogP contribution in [0, 0.1) is 34.0 Å². The van der Waals surface area contributed by atoms with Crippen LogP contribution in [-0.4, -0.2) is 30.7 Å². The van der Waals surface area contributed by atoms with Crippen LogP contribution in [0.25, 0.3) is 28.0 Å². The summed E-state index contributed by atoms with van der Waals surface area (Å²) < 4.78 is 11.3. The first-order valence-corrected chi connectivity index (χ1v) is 8.68. The Labute approximate surface area is 167 Å². The highest BCUT2D eigenvalue weighted by atomic mass is 16.5. The molecule has 3 rings (SSSR count). The van der Waals surface area contributed by atoms with Crippen LogP contribution >= 0.6 is 0 Å². The van der Waals surface area contributed by atoms with Gasteiger partial charge in [-0.2, -0.15) is 10.5 Å². The lowest BCUT2D eigenvalue weighted by Gasteiger charge is -2.25. The minimum atomic E-state index is -2.22. The Balaban J connectivity index is 2.31. The molecule has 0 amide bonds. The van der Waals surface area contributed by atoms with Gasteiger partial charge >= 0.3 is 11.9 Å². The minimum absolute atomic E-state index is 0.832. The van der Waals surface area contributed by atoms with Crippen molar-refractivity contribution in [3.05, 3.63) is 54.6 Å². The van der Waals surface area contributed by atoms with E-state index in [9.17, 15) is 20.1 Å². The van der Waals surface area contributed by atoms with Crippen molar-refractivity contribution in [2.45, 2.75) is 0 Å². The molecular formula is C22H17N3O4. The number of esters is 2. The average molecular weight is 387 g/mol. The maximum atomic E-state index is 12.6. The number of rotatable bonds is 5. The van der Waals surface area contributed by atoms with Crippen LogP contribution in [0.2, 0.25) is 0 Å². The molecule has 3 aromatic rings. The third-order valence-electron chi connectivity index (χ3n) is 4.86. The van der Waals surface area contributed by atoms with E-state index in [2.05, 4.69) is 0 Å². The van der Waals surface area contributed by atoms with Crippen LogP contribution in [0.15, 0.2) is 54.6 Å². The first-order chi connectivity index (χ1) is 14.0. The molecule has 0 unspecified atom stereocenters. The molecule has 0 saturated heterocycles. The van der Waals surface area contributed by atoms with E-state index < -0.39 is 23.3 Å². The van der Waals surface area contributed by atoms with E-state index in [0.717, 1.165) is 36.0 Å². The molecule has 2 aromatic carbocycles. The minimum Gasteiger partial charge on any atom is -0.468 e. The van der Waals surface area contributed by atoms with Crippen LogP contribution in [0.3, 0.4) is 0 Å². The standard InChI is InChI=1S/C22H17N3O4/c1-28-20(26)22(21(27)29-2,15(13-23)14-24)11-12-25-18-9-5-3-7-16(18)17-8-4-6-10-19(17)25/h3-12,15H,1-2H3/b12-11+. The van der Waals surface area contributed by atoms with E-state index in [4.69, 9.17) is 9.47 Å². The fourth-order valence-electron chi connectivity index (χ4n) is 3.43. The molecule has 1 heterocycles. The maximum Gasteiger partial charge on any atom is 0.329 e. The molecule has 0 radical (unpaired) electrons. The van der Waals surface area contributed by atoms with E-state index in [-0.39, 0.29) is 0 Å². The summed E-state index contributed by atoms with van der Waals surface area (Å²) in [5.74, 6) is -3.73. The number of hydrogen-bond acceptors (Lipinski definition) is 6. The van der Waals surface area contributed by atoms with Crippen LogP contribution < -0.4 is 0 Å². The van der Waals surface area contributed by atoms with Gasteiger partial charge in [-0.3, -0.25) is 9.59 Å². The van der Waals surface area contributed by atoms with Gasteiger partial charge in [0, 0.05) is 17.0 Å². The molecule has 0 atom stereocenters. The largest absolute Gasteiger partial charge is 0.468 e. The highest BCUT2D eigenvalue weighted by Crippen LogP contribution is 2.35. The van der Waals surface area contributed by atoms with Gasteiger partial charge in [0.1, 0.15) is 0 Å². The maximum absolute atomic E-state index is 12.6. The van der Waals surface area contributed by atoms with Crippen molar-refractivity contribution in [3.63, 3.8) is 0 Å². The van der Waals surface area contributed by atoms with E-state index in [1.54, 1.807) is 16.7 Å². The van der Waals surface area contributed by atoms with Gasteiger partial charge in [-0.1, -0.05) is 36.4 Å². The number of methoxy groups -OCH3 is 2. The Morgan fingerprint density at radius 3 is 1.79 bits per heavy atom. The number of carbonyl (C=O) groups excluding carboxylic acids is 2. The van der Waals surface area contributed by atoms with Gasteiger partial charge in [0.2, 0.25) is 5.41 Å². The topological polar surface area (TPSA) is 105 Å². The molecule has 0 aliphatic heterocycles. The van der Waals surface area contributed by atoms with Gasteiger partial charge in [-0.05, 0) is 18.2 Å². The summed E-state index contributed by atoms with van der Waals surface area (Å²) >= 11 is 0. The molecule has 1 aromatic heterocycles. The molecule has 0 N–H and O–H groups in total. The normalized spacial score (nSPS) is 11.5. The summed E-state index contributed by atoms with van der Waals surface area (Å²) in [6, 6.07) is 18.7. The zero-order valence-corrected chi connectivity index (χ0v) is 15.8. The number of hydrogen-bond donors (Lipinski definition) is 0. The first kappa shape index (κ1) is 19.7. The van der Waals surface area contributed by atoms with Crippen molar-refractivity contribution < 1.29 is 19.1 Å². The van der Waals surface area contributed by atoms with Crippen molar-refractivity contribution >= 4 is 39.9 Å². The van der Waals surface area contributed by atoms with Gasteiger partial charge in [0.25, 0.3) is 0 Å². The summed E-state index contributed by atoms with van der Waals surface area (Å²) in [5.41, 5.74) is -0.558. The molecule has 7 heteroatoms. The Bertz CT molecular complexity index is 1130. The van der Waals surface area contributed by atoms with E-state index in [0.29, 0.717) is 0 Å². The fourth-order valence-corrected chi connectivity index (χ4v) is 3.43. The van der Waals surface area contributed by atoms with Gasteiger partial charge < -0.3 is 14.0 Å². The van der Waals surface area contributed by atoms with Gasteiger partial charge in [-0.25, -0.2) is 0 Å². The van der Waals surface area contributed by atoms with Crippen molar-refractivity contribution in [2.75, 3.05) is 14.2 Å². The number of carbonyl (C=O) groups is 2. The first-order valence-electron chi connectivity index (χ1n) is 8.68. The number of nitrogens with zero attached hydrogens (tertiary/aromatic N) is 3. The second-order valence-corrected chi connectivity index (χ2v) is 6.26. The van der Waals surface area contributed by atoms with Crippen LogP contribution in [-0.2, 0) is 19.1 Å². The van der Waals surface area contributed by atoms with Crippen LogP contribution in [0.1, 0.15) is 0 Å². The lowest BCUT2D eigenvalue weighted by atomic mass is 9.76. The van der Waals surface area contributed by atoms with Crippen molar-refractivity contribution in [1.29, 1.82) is 10.5 Å². The monoisotopic (exact) mass is 387 g/mol. The van der Waals surface area contributed by atoms with Crippen molar-refractivity contribution in [2.24, 2.45) is 11.3 Å². The molecule has 0 spiro atoms. The van der Waals surface area contributed by atoms with Crippen molar-refractivity contribution in [3.8, 4) is 12.1 Å². The number of nitriles is 2. The highest BCUT2D eigenvalue weighted by Gasteiger charge is 2.54. The molecule has 0 aliphatic carbocycles. The lowest BCUT2D eigenvalue weighted by Crippen LogP contribution is -2.45. The quantitative estimate of drug-likeness (QED) is 0.491. The molecule has 0 fully saturated rings. The molecule has 7 nitrogen and oxygen atoms in total. The summed E-state index contributed by atoms with van der Waals surface area (Å²) in [6.07, 6.45) is 2.71. The number of ether oxygens (including phenoxy) is 2. The predicted molar refractivity (Wildman–Crippen MR) is 106 cm³/mol. The smallest absolute Gasteiger partial charge is 0.329 e. The van der Waals surface area contributed by atoms with Crippen molar-refractivity contribution in [1.82, 2.24) is 4.57 Å². The Hall–Kier alpha value is -4.10. The van der Waals surface area contributed by atoms with E-state index >= 15 is 0 Å². The van der Waals surface area contributed by atoms with Gasteiger partial charge in [0.15, 0.2) is 5.92 Å². The number of fused-ring (bicyclic) bond motifs is 3. The Morgan fingerprint density at radius 1 is 0.931 bits per heavy atom. The zero-order chi connectivity index (χ0) is 21.0. The van der Waals surface area contributed by atoms with Gasteiger partial charge in [-0.15, -0.1) is 0 Å². The average Bonchev–Trinajstić information content (AvgIpc) is 3.09. The van der Waals surface area contributed by atoms with Crippen LogP contribution in [0.5, 0.6) is 0 Å². The third kappa shape index (κ3) is 2.99. The Kier molecular flexibility index (Phi) is 5.34. The molecule has 0 bridgehead atoms. The number of benzene rings is 2. The van der Waals surface area contributed by atoms with Gasteiger partial charge in [0.05, 0.1) is 37.4 Å². The second-order valence-electron chi connectivity index (χ2n) is 6.26. The molecule has 0 saturated carbocycles. The summed E-state index contributed by atoms with van der Waals surface area (Å²) in [6.45, 7) is 0. The SMILES string of the molecule is COC(=O)C(/C=C/n1c2ccccc2c2ccccc21)(C(=O)OC)C(C#N)C#N. The summed E-state index contributed by atoms with van der Waals surface area (Å²) in [4.78, 5) is 25.2. The number of aromatic nitrogens is 1. The molecular weight excluding hydrogens is 370 g/mol. The van der Waals surface area contributed by atoms with E-state index in [1.807, 2.05) is 48.5 Å². The van der Waals surface area contributed by atoms with Crippen LogP contribution in [0.4, 0.5) is 0 Å². The molecule has 144 valence electrons. The summed E-state index contributed by atoms with van der Waals surface area (Å²) in [5, 5.41) is 20.8. The number of para-hydroxylation sites is 2. The second kappa shape index (κ2) is 7.87. The Morgan fingerprint density at radius 2 is 1.38 bits per heavy atom. The van der Waals surface area contributed by atoms with E-state index in [1.165, 1.54) is 12.3 Å². The summed E-state index contributed by atoms with van der Waals surface area (Å²) in [7, 11) is 2.17. The highest BCUT2D eigenvalue weighted by molar-refractivity contribution is 6.10. The lowest BCUT2D eigenvalue weighted by molar-refractivity contribution is -0.166.